The van der Waals surface area contributed by atoms with Gasteiger partial charge in [0.2, 0.25) is 10.0 Å². The molecule has 0 unspecified atom stereocenters. The van der Waals surface area contributed by atoms with Crippen LogP contribution in [0.1, 0.15) is 24.2 Å². The second kappa shape index (κ2) is 8.49. The van der Waals surface area contributed by atoms with Crippen molar-refractivity contribution >= 4 is 27.6 Å². The molecule has 0 saturated carbocycles. The summed E-state index contributed by atoms with van der Waals surface area (Å²) in [6.07, 6.45) is 1.07. The van der Waals surface area contributed by atoms with E-state index in [-0.39, 0.29) is 6.04 Å². The summed E-state index contributed by atoms with van der Waals surface area (Å²) in [5, 5.41) is 13.7. The van der Waals surface area contributed by atoms with Crippen molar-refractivity contribution in [2.45, 2.75) is 19.9 Å². The molecule has 0 spiro atoms. The van der Waals surface area contributed by atoms with E-state index >= 15 is 0 Å². The number of amides is 2. The molecule has 0 aliphatic carbocycles. The average molecular weight is 430 g/mol. The molecule has 10 nitrogen and oxygen atoms in total. The summed E-state index contributed by atoms with van der Waals surface area (Å²) in [5.41, 5.74) is 2.63. The van der Waals surface area contributed by atoms with E-state index in [4.69, 9.17) is 0 Å². The molecule has 2 heterocycles. The van der Waals surface area contributed by atoms with Gasteiger partial charge in [0.1, 0.15) is 0 Å². The van der Waals surface area contributed by atoms with Gasteiger partial charge in [0.05, 0.1) is 29.4 Å². The smallest absolute Gasteiger partial charge is 0.320 e. The lowest BCUT2D eigenvalue weighted by Gasteiger charge is -2.15. The van der Waals surface area contributed by atoms with Crippen LogP contribution in [0.4, 0.5) is 16.3 Å². The molecule has 30 heavy (non-hydrogen) atoms. The number of carbonyl (C=O) groups is 1. The molecule has 1 atom stereocenters. The van der Waals surface area contributed by atoms with E-state index in [0.717, 1.165) is 11.8 Å². The maximum atomic E-state index is 12.5. The van der Waals surface area contributed by atoms with Crippen molar-refractivity contribution in [2.24, 2.45) is 7.05 Å². The molecular formula is C19H23N7O3S. The van der Waals surface area contributed by atoms with Gasteiger partial charge >= 0.3 is 6.03 Å². The molecule has 1 aromatic carbocycles. The zero-order valence-electron chi connectivity index (χ0n) is 17.0. The molecule has 3 rings (SSSR count). The van der Waals surface area contributed by atoms with Crippen LogP contribution in [0.15, 0.2) is 42.5 Å². The number of pyridine rings is 1. The lowest BCUT2D eigenvalue weighted by Crippen LogP contribution is -2.32. The number of nitrogens with zero attached hydrogens (tertiary/aromatic N) is 4. The molecule has 0 saturated heterocycles. The molecule has 158 valence electrons. The van der Waals surface area contributed by atoms with Gasteiger partial charge in [-0.25, -0.2) is 22.9 Å². The molecular weight excluding hydrogens is 406 g/mol. The fourth-order valence-corrected chi connectivity index (χ4v) is 3.45. The van der Waals surface area contributed by atoms with E-state index in [1.54, 1.807) is 26.1 Å². The van der Waals surface area contributed by atoms with Gasteiger partial charge in [0, 0.05) is 7.05 Å². The lowest BCUT2D eigenvalue weighted by atomic mass is 10.1. The molecule has 2 aromatic heterocycles. The van der Waals surface area contributed by atoms with Crippen LogP contribution in [0.5, 0.6) is 0 Å². The van der Waals surface area contributed by atoms with Gasteiger partial charge in [-0.05, 0) is 31.5 Å². The van der Waals surface area contributed by atoms with Crippen LogP contribution in [0.25, 0.3) is 11.4 Å². The largest absolute Gasteiger partial charge is 0.331 e. The van der Waals surface area contributed by atoms with Crippen molar-refractivity contribution in [1.29, 1.82) is 0 Å². The van der Waals surface area contributed by atoms with Gasteiger partial charge in [0.25, 0.3) is 0 Å². The number of nitrogens with one attached hydrogen (secondary N) is 3. The molecule has 0 aliphatic rings. The van der Waals surface area contributed by atoms with Gasteiger partial charge < -0.3 is 5.32 Å². The fourth-order valence-electron chi connectivity index (χ4n) is 2.84. The average Bonchev–Trinajstić information content (AvgIpc) is 3.03. The topological polar surface area (TPSA) is 131 Å². The summed E-state index contributed by atoms with van der Waals surface area (Å²) in [6.45, 7) is 3.56. The van der Waals surface area contributed by atoms with Gasteiger partial charge in [0.15, 0.2) is 11.5 Å². The molecule has 0 aliphatic heterocycles. The van der Waals surface area contributed by atoms with Crippen molar-refractivity contribution in [1.82, 2.24) is 25.3 Å². The normalized spacial score (nSPS) is 12.3. The summed E-state index contributed by atoms with van der Waals surface area (Å²) in [6, 6.07) is 12.2. The van der Waals surface area contributed by atoms with E-state index in [2.05, 4.69) is 30.7 Å². The number of hydrogen-bond donors (Lipinski definition) is 3. The van der Waals surface area contributed by atoms with Crippen molar-refractivity contribution < 1.29 is 13.2 Å². The van der Waals surface area contributed by atoms with E-state index in [1.165, 1.54) is 4.68 Å². The van der Waals surface area contributed by atoms with Gasteiger partial charge in [-0.3, -0.25) is 10.0 Å². The highest BCUT2D eigenvalue weighted by molar-refractivity contribution is 7.92. The number of aromatic nitrogens is 4. The van der Waals surface area contributed by atoms with Crippen LogP contribution >= 0.6 is 0 Å². The Bertz CT molecular complexity index is 1160. The van der Waals surface area contributed by atoms with Crippen molar-refractivity contribution in [2.75, 3.05) is 16.3 Å². The minimum atomic E-state index is -3.42. The number of aryl methyl sites for hydroxylation is 2. The lowest BCUT2D eigenvalue weighted by molar-refractivity contribution is 0.249. The van der Waals surface area contributed by atoms with Crippen LogP contribution in [0.2, 0.25) is 0 Å². The maximum Gasteiger partial charge on any atom is 0.320 e. The quantitative estimate of drug-likeness (QED) is 0.552. The Labute approximate surface area is 174 Å². The monoisotopic (exact) mass is 429 g/mol. The van der Waals surface area contributed by atoms with Crippen molar-refractivity contribution in [3.8, 4) is 11.4 Å². The van der Waals surface area contributed by atoms with Crippen LogP contribution in [-0.4, -0.2) is 40.7 Å². The number of carbonyl (C=O) groups excluding carboxylic acids is 1. The molecule has 0 bridgehead atoms. The number of benzene rings is 1. The molecule has 0 fully saturated rings. The Morgan fingerprint density at radius 3 is 2.47 bits per heavy atom. The number of anilines is 2. The first kappa shape index (κ1) is 21.2. The molecule has 3 aromatic rings. The number of urea groups is 1. The third-order valence-electron chi connectivity index (χ3n) is 4.33. The summed E-state index contributed by atoms with van der Waals surface area (Å²) < 4.78 is 26.8. The third-order valence-corrected chi connectivity index (χ3v) is 4.92. The van der Waals surface area contributed by atoms with Crippen molar-refractivity contribution in [3.63, 3.8) is 0 Å². The summed E-state index contributed by atoms with van der Waals surface area (Å²) in [7, 11) is -1.77. The number of hydrogen-bond acceptors (Lipinski definition) is 6. The highest BCUT2D eigenvalue weighted by Gasteiger charge is 2.19. The Kier molecular flexibility index (Phi) is 6.01. The van der Waals surface area contributed by atoms with E-state index in [9.17, 15) is 13.2 Å². The Morgan fingerprint density at radius 1 is 1.13 bits per heavy atom. The standard InChI is InChI=1S/C19H23N7O3S/c1-12(14-8-6-5-7-9-14)21-19(27)22-18-17(23-25-26(18)3)16-11-10-15(13(2)20-16)24-30(4,28)29/h5-12,24H,1-4H3,(H2,21,22,27)/t12-/m1/s1. The summed E-state index contributed by atoms with van der Waals surface area (Å²) >= 11 is 0. The minimum absolute atomic E-state index is 0.197. The fraction of sp³-hybridized carbons (Fsp3) is 0.263. The number of rotatable bonds is 6. The van der Waals surface area contributed by atoms with E-state index in [0.29, 0.717) is 28.6 Å². The number of sulfonamides is 1. The van der Waals surface area contributed by atoms with Crippen LogP contribution in [0.3, 0.4) is 0 Å². The maximum absolute atomic E-state index is 12.5. The first-order valence-electron chi connectivity index (χ1n) is 9.12. The second-order valence-corrected chi connectivity index (χ2v) is 8.59. The first-order chi connectivity index (χ1) is 14.1. The zero-order valence-corrected chi connectivity index (χ0v) is 17.9. The van der Waals surface area contributed by atoms with E-state index in [1.807, 2.05) is 37.3 Å². The SMILES string of the molecule is Cc1nc(-c2nnn(C)c2NC(=O)N[C@H](C)c2ccccc2)ccc1NS(C)(=O)=O. The molecule has 3 N–H and O–H groups in total. The minimum Gasteiger partial charge on any atom is -0.331 e. The molecule has 0 radical (unpaired) electrons. The van der Waals surface area contributed by atoms with Crippen LogP contribution in [-0.2, 0) is 17.1 Å². The molecule has 11 heteroatoms. The van der Waals surface area contributed by atoms with Crippen molar-refractivity contribution in [3.05, 3.63) is 53.7 Å². The first-order valence-corrected chi connectivity index (χ1v) is 11.0. The van der Waals surface area contributed by atoms with Gasteiger partial charge in [-0.2, -0.15) is 0 Å². The predicted octanol–water partition coefficient (Wildman–Crippen LogP) is 2.44. The summed E-state index contributed by atoms with van der Waals surface area (Å²) in [5.74, 6) is 0.364. The Morgan fingerprint density at radius 2 is 1.83 bits per heavy atom. The summed E-state index contributed by atoms with van der Waals surface area (Å²) in [4.78, 5) is 16.9. The van der Waals surface area contributed by atoms with Gasteiger partial charge in [-0.15, -0.1) is 5.10 Å². The Hall–Kier alpha value is -3.47. The van der Waals surface area contributed by atoms with E-state index < -0.39 is 16.1 Å². The van der Waals surface area contributed by atoms with Crippen LogP contribution < -0.4 is 15.4 Å². The Balaban J connectivity index is 1.80. The molecule has 2 amide bonds. The predicted molar refractivity (Wildman–Crippen MR) is 114 cm³/mol. The van der Waals surface area contributed by atoms with Gasteiger partial charge in [-0.1, -0.05) is 35.5 Å². The highest BCUT2D eigenvalue weighted by Crippen LogP contribution is 2.26. The third kappa shape index (κ3) is 5.11. The zero-order chi connectivity index (χ0) is 21.9. The second-order valence-electron chi connectivity index (χ2n) is 6.84. The van der Waals surface area contributed by atoms with Crippen LogP contribution in [0, 0.1) is 6.92 Å². The highest BCUT2D eigenvalue weighted by atomic mass is 32.2.